The summed E-state index contributed by atoms with van der Waals surface area (Å²) in [7, 11) is 2.10. The first-order chi connectivity index (χ1) is 16.1. The van der Waals surface area contributed by atoms with Crippen LogP contribution in [-0.2, 0) is 12.3 Å². The number of nitrogens with zero attached hydrogens (tertiary/aromatic N) is 4. The molecule has 6 nitrogen and oxygen atoms in total. The molecule has 0 bridgehead atoms. The van der Waals surface area contributed by atoms with Gasteiger partial charge in [0.2, 0.25) is 0 Å². The topological polar surface area (TPSA) is 71.0 Å². The van der Waals surface area contributed by atoms with Crippen LogP contribution in [0, 0.1) is 0 Å². The zero-order valence-corrected chi connectivity index (χ0v) is 20.3. The third kappa shape index (κ3) is 6.68. The van der Waals surface area contributed by atoms with Crippen molar-refractivity contribution in [3.63, 3.8) is 0 Å². The minimum absolute atomic E-state index is 0.105. The van der Waals surface area contributed by atoms with E-state index in [-0.39, 0.29) is 5.91 Å². The Bertz CT molecular complexity index is 1060. The van der Waals surface area contributed by atoms with Crippen LogP contribution in [-0.4, -0.2) is 33.9 Å². The van der Waals surface area contributed by atoms with Gasteiger partial charge >= 0.3 is 0 Å². The standard InChI is InChI=1S/C25H28ClN5OS/c1-31(21-7-3-2-4-8-21)23-14-22(26)29-25(30-23)33-17-18-9-11-20(12-10-18)24(32)28-16-19-6-5-13-27-15-19/h5-6,9-15,21H,2-4,7-8,16-17H2,1H3,(H,28,32). The number of nitrogens with one attached hydrogen (secondary N) is 1. The molecule has 1 aromatic carbocycles. The fourth-order valence-electron chi connectivity index (χ4n) is 3.97. The minimum Gasteiger partial charge on any atom is -0.357 e. The molecule has 2 heterocycles. The van der Waals surface area contributed by atoms with Crippen LogP contribution in [0.2, 0.25) is 5.15 Å². The van der Waals surface area contributed by atoms with Crippen LogP contribution in [0.1, 0.15) is 53.6 Å². The van der Waals surface area contributed by atoms with Gasteiger partial charge < -0.3 is 10.2 Å². The highest BCUT2D eigenvalue weighted by atomic mass is 35.5. The number of thioether (sulfide) groups is 1. The zero-order valence-electron chi connectivity index (χ0n) is 18.7. The molecule has 1 aliphatic carbocycles. The van der Waals surface area contributed by atoms with Gasteiger partial charge in [-0.05, 0) is 42.2 Å². The number of hydrogen-bond acceptors (Lipinski definition) is 6. The van der Waals surface area contributed by atoms with E-state index < -0.39 is 0 Å². The Morgan fingerprint density at radius 3 is 2.64 bits per heavy atom. The molecule has 1 fully saturated rings. The number of carbonyl (C=O) groups is 1. The Morgan fingerprint density at radius 2 is 1.91 bits per heavy atom. The summed E-state index contributed by atoms with van der Waals surface area (Å²) in [5.74, 6) is 1.47. The fourth-order valence-corrected chi connectivity index (χ4v) is 5.01. The average Bonchev–Trinajstić information content (AvgIpc) is 2.86. The quantitative estimate of drug-likeness (QED) is 0.259. The van der Waals surface area contributed by atoms with Gasteiger partial charge in [0.05, 0.1) is 0 Å². The van der Waals surface area contributed by atoms with Crippen LogP contribution in [0.25, 0.3) is 0 Å². The monoisotopic (exact) mass is 481 g/mol. The van der Waals surface area contributed by atoms with Gasteiger partial charge in [-0.25, -0.2) is 9.97 Å². The van der Waals surface area contributed by atoms with Crippen molar-refractivity contribution < 1.29 is 4.79 Å². The molecule has 0 atom stereocenters. The number of hydrogen-bond donors (Lipinski definition) is 1. The van der Waals surface area contributed by atoms with Crippen molar-refractivity contribution >= 4 is 35.1 Å². The van der Waals surface area contributed by atoms with E-state index in [1.54, 1.807) is 24.2 Å². The number of aromatic nitrogens is 3. The van der Waals surface area contributed by atoms with Gasteiger partial charge in [-0.15, -0.1) is 0 Å². The smallest absolute Gasteiger partial charge is 0.251 e. The van der Waals surface area contributed by atoms with Crippen molar-refractivity contribution in [1.29, 1.82) is 0 Å². The van der Waals surface area contributed by atoms with E-state index in [0.717, 1.165) is 16.9 Å². The van der Waals surface area contributed by atoms with Crippen LogP contribution in [0.15, 0.2) is 60.0 Å². The molecule has 1 amide bonds. The van der Waals surface area contributed by atoms with Crippen molar-refractivity contribution in [1.82, 2.24) is 20.3 Å². The molecule has 0 unspecified atom stereocenters. The summed E-state index contributed by atoms with van der Waals surface area (Å²) in [6, 6.07) is 13.8. The van der Waals surface area contributed by atoms with Gasteiger partial charge in [0.15, 0.2) is 5.16 Å². The van der Waals surface area contributed by atoms with E-state index in [1.807, 2.05) is 42.5 Å². The molecule has 0 radical (unpaired) electrons. The molecule has 33 heavy (non-hydrogen) atoms. The molecule has 0 spiro atoms. The number of anilines is 1. The maximum absolute atomic E-state index is 12.4. The van der Waals surface area contributed by atoms with Crippen molar-refractivity contribution in [3.05, 3.63) is 76.7 Å². The summed E-state index contributed by atoms with van der Waals surface area (Å²) in [5, 5.41) is 4.05. The third-order valence-corrected chi connectivity index (χ3v) is 7.02. The maximum atomic E-state index is 12.4. The summed E-state index contributed by atoms with van der Waals surface area (Å²) < 4.78 is 0. The SMILES string of the molecule is CN(c1cc(Cl)nc(SCc2ccc(C(=O)NCc3cccnc3)cc2)n1)C1CCCCC1. The van der Waals surface area contributed by atoms with E-state index in [0.29, 0.717) is 34.2 Å². The molecule has 8 heteroatoms. The number of benzene rings is 1. The van der Waals surface area contributed by atoms with E-state index in [9.17, 15) is 4.79 Å². The Labute approximate surface area is 204 Å². The second-order valence-electron chi connectivity index (χ2n) is 8.26. The molecule has 3 aromatic rings. The second-order valence-corrected chi connectivity index (χ2v) is 9.59. The van der Waals surface area contributed by atoms with Gasteiger partial charge in [-0.2, -0.15) is 0 Å². The number of halogens is 1. The van der Waals surface area contributed by atoms with Crippen molar-refractivity contribution in [2.75, 3.05) is 11.9 Å². The minimum atomic E-state index is -0.105. The Morgan fingerprint density at radius 1 is 1.12 bits per heavy atom. The van der Waals surface area contributed by atoms with E-state index in [1.165, 1.54) is 32.1 Å². The highest BCUT2D eigenvalue weighted by molar-refractivity contribution is 7.98. The lowest BCUT2D eigenvalue weighted by atomic mass is 9.94. The normalized spacial score (nSPS) is 14.1. The molecule has 172 valence electrons. The first-order valence-corrected chi connectivity index (χ1v) is 12.6. The van der Waals surface area contributed by atoms with Crippen molar-refractivity contribution in [2.24, 2.45) is 0 Å². The number of amides is 1. The Hall–Kier alpha value is -2.64. The van der Waals surface area contributed by atoms with Gasteiger partial charge in [0, 0.05) is 49.4 Å². The van der Waals surface area contributed by atoms with Crippen LogP contribution in [0.5, 0.6) is 0 Å². The second kappa shape index (κ2) is 11.5. The summed E-state index contributed by atoms with van der Waals surface area (Å²) in [6.07, 6.45) is 9.72. The van der Waals surface area contributed by atoms with Gasteiger partial charge in [0.1, 0.15) is 11.0 Å². The maximum Gasteiger partial charge on any atom is 0.251 e. The summed E-state index contributed by atoms with van der Waals surface area (Å²) in [5.41, 5.74) is 2.69. The van der Waals surface area contributed by atoms with E-state index >= 15 is 0 Å². The highest BCUT2D eigenvalue weighted by Crippen LogP contribution is 2.28. The van der Waals surface area contributed by atoms with Crippen molar-refractivity contribution in [3.8, 4) is 0 Å². The number of carbonyl (C=O) groups excluding carboxylic acids is 1. The molecular weight excluding hydrogens is 454 g/mol. The number of pyridine rings is 1. The fraction of sp³-hybridized carbons (Fsp3) is 0.360. The number of rotatable bonds is 8. The lowest BCUT2D eigenvalue weighted by Crippen LogP contribution is -2.34. The van der Waals surface area contributed by atoms with E-state index in [2.05, 4.69) is 27.2 Å². The lowest BCUT2D eigenvalue weighted by molar-refractivity contribution is 0.0951. The molecule has 2 aromatic heterocycles. The predicted molar refractivity (Wildman–Crippen MR) is 134 cm³/mol. The first kappa shape index (κ1) is 23.5. The summed E-state index contributed by atoms with van der Waals surface area (Å²) in [4.78, 5) is 27.9. The van der Waals surface area contributed by atoms with Crippen molar-refractivity contribution in [2.45, 2.75) is 55.6 Å². The van der Waals surface area contributed by atoms with Crippen LogP contribution >= 0.6 is 23.4 Å². The predicted octanol–water partition coefficient (Wildman–Crippen LogP) is 5.52. The largest absolute Gasteiger partial charge is 0.357 e. The Balaban J connectivity index is 1.33. The lowest BCUT2D eigenvalue weighted by Gasteiger charge is -2.32. The van der Waals surface area contributed by atoms with Gasteiger partial charge in [-0.1, -0.05) is 60.8 Å². The summed E-state index contributed by atoms with van der Waals surface area (Å²) >= 11 is 7.85. The average molecular weight is 482 g/mol. The molecule has 1 aliphatic rings. The molecule has 0 aliphatic heterocycles. The van der Waals surface area contributed by atoms with Gasteiger partial charge in [0.25, 0.3) is 5.91 Å². The zero-order chi connectivity index (χ0) is 23.0. The third-order valence-electron chi connectivity index (χ3n) is 5.90. The molecule has 1 saturated carbocycles. The molecular formula is C25H28ClN5OS. The molecule has 4 rings (SSSR count). The van der Waals surface area contributed by atoms with Crippen LogP contribution < -0.4 is 10.2 Å². The molecule has 0 saturated heterocycles. The van der Waals surface area contributed by atoms with E-state index in [4.69, 9.17) is 16.6 Å². The highest BCUT2D eigenvalue weighted by Gasteiger charge is 2.20. The molecule has 1 N–H and O–H groups in total. The summed E-state index contributed by atoms with van der Waals surface area (Å²) in [6.45, 7) is 0.452. The Kier molecular flexibility index (Phi) is 8.18. The van der Waals surface area contributed by atoms with Crippen LogP contribution in [0.3, 0.4) is 0 Å². The van der Waals surface area contributed by atoms with Crippen LogP contribution in [0.4, 0.5) is 5.82 Å². The first-order valence-electron chi connectivity index (χ1n) is 11.2. The van der Waals surface area contributed by atoms with Gasteiger partial charge in [-0.3, -0.25) is 9.78 Å².